The number of anilines is 1. The topological polar surface area (TPSA) is 83.2 Å². The van der Waals surface area contributed by atoms with E-state index in [1.807, 2.05) is 45.8 Å². The summed E-state index contributed by atoms with van der Waals surface area (Å²) in [6.45, 7) is 3.30. The number of carbonyl (C=O) groups excluding carboxylic acids is 1. The quantitative estimate of drug-likeness (QED) is 0.646. The number of hydrogen-bond acceptors (Lipinski definition) is 6. The van der Waals surface area contributed by atoms with Crippen molar-refractivity contribution in [3.05, 3.63) is 60.3 Å². The summed E-state index contributed by atoms with van der Waals surface area (Å²) < 4.78 is 7.38. The molecule has 3 atom stereocenters. The number of hydrogen-bond donors (Lipinski definition) is 1. The Kier molecular flexibility index (Phi) is 5.50. The van der Waals surface area contributed by atoms with Crippen LogP contribution in [-0.4, -0.2) is 69.2 Å². The Balaban J connectivity index is 1.35. The predicted molar refractivity (Wildman–Crippen MR) is 128 cm³/mol. The van der Waals surface area contributed by atoms with Crippen molar-refractivity contribution in [3.8, 4) is 0 Å². The van der Waals surface area contributed by atoms with Gasteiger partial charge in [-0.1, -0.05) is 43.2 Å². The van der Waals surface area contributed by atoms with Crippen LogP contribution in [0.15, 0.2) is 48.9 Å². The zero-order chi connectivity index (χ0) is 23.1. The van der Waals surface area contributed by atoms with Gasteiger partial charge in [-0.3, -0.25) is 14.2 Å². The Morgan fingerprint density at radius 3 is 2.71 bits per heavy atom. The molecular weight excluding hydrogens is 430 g/mol. The summed E-state index contributed by atoms with van der Waals surface area (Å²) in [7, 11) is 0. The molecule has 1 N–H and O–H groups in total. The zero-order valence-corrected chi connectivity index (χ0v) is 19.3. The zero-order valence-electron chi connectivity index (χ0n) is 19.3. The fourth-order valence-electron chi connectivity index (χ4n) is 6.23. The Morgan fingerprint density at radius 2 is 1.88 bits per heavy atom. The van der Waals surface area contributed by atoms with E-state index in [-0.39, 0.29) is 17.9 Å². The molecule has 2 saturated heterocycles. The highest BCUT2D eigenvalue weighted by Crippen LogP contribution is 2.47. The largest absolute Gasteiger partial charge is 0.385 e. The van der Waals surface area contributed by atoms with E-state index in [0.29, 0.717) is 32.0 Å². The molecular formula is C26H31N5O3. The fraction of sp³-hybridized carbons (Fsp3) is 0.500. The molecule has 0 bridgehead atoms. The van der Waals surface area contributed by atoms with Crippen LogP contribution in [0.4, 0.5) is 5.82 Å². The SMILES string of the molecule is O=C(c1nc(N2CCOCC2)c2cnccn12)N1CCC(O)(c2ccccc2)[C@H]2CCCC[C@H]21. The Labute approximate surface area is 199 Å². The van der Waals surface area contributed by atoms with Crippen LogP contribution in [0.1, 0.15) is 48.3 Å². The van der Waals surface area contributed by atoms with Gasteiger partial charge < -0.3 is 19.6 Å². The van der Waals surface area contributed by atoms with Crippen molar-refractivity contribution in [3.63, 3.8) is 0 Å². The molecule has 178 valence electrons. The number of carbonyl (C=O) groups is 1. The van der Waals surface area contributed by atoms with Gasteiger partial charge in [-0.25, -0.2) is 4.98 Å². The van der Waals surface area contributed by atoms with Crippen LogP contribution in [-0.2, 0) is 10.3 Å². The van der Waals surface area contributed by atoms with Crippen molar-refractivity contribution in [2.75, 3.05) is 37.7 Å². The lowest BCUT2D eigenvalue weighted by molar-refractivity contribution is -0.110. The lowest BCUT2D eigenvalue weighted by atomic mass is 9.66. The Bertz CT molecular complexity index is 1180. The first-order valence-electron chi connectivity index (χ1n) is 12.4. The summed E-state index contributed by atoms with van der Waals surface area (Å²) in [6.07, 6.45) is 9.81. The smallest absolute Gasteiger partial charge is 0.290 e. The molecule has 1 unspecified atom stereocenters. The van der Waals surface area contributed by atoms with Crippen LogP contribution in [0, 0.1) is 5.92 Å². The van der Waals surface area contributed by atoms with Gasteiger partial charge in [0.1, 0.15) is 5.52 Å². The molecule has 3 aromatic rings. The Hall–Kier alpha value is -2.97. The maximum Gasteiger partial charge on any atom is 0.290 e. The third-order valence-corrected chi connectivity index (χ3v) is 7.94. The van der Waals surface area contributed by atoms with Gasteiger partial charge in [-0.15, -0.1) is 0 Å². The molecule has 1 aliphatic carbocycles. The summed E-state index contributed by atoms with van der Waals surface area (Å²) in [4.78, 5) is 27.3. The summed E-state index contributed by atoms with van der Waals surface area (Å²) in [5.41, 5.74) is 0.900. The third-order valence-electron chi connectivity index (χ3n) is 7.94. The normalized spacial score (nSPS) is 27.6. The Morgan fingerprint density at radius 1 is 1.09 bits per heavy atom. The minimum atomic E-state index is -0.902. The molecule has 0 spiro atoms. The molecule has 8 heteroatoms. The van der Waals surface area contributed by atoms with Crippen LogP contribution in [0.25, 0.3) is 5.52 Å². The highest BCUT2D eigenvalue weighted by molar-refractivity contribution is 5.94. The second-order valence-corrected chi connectivity index (χ2v) is 9.69. The number of nitrogens with zero attached hydrogens (tertiary/aromatic N) is 5. The van der Waals surface area contributed by atoms with Crippen molar-refractivity contribution in [1.82, 2.24) is 19.3 Å². The molecule has 4 heterocycles. The molecule has 2 aliphatic heterocycles. The molecule has 6 rings (SSSR count). The second-order valence-electron chi connectivity index (χ2n) is 9.69. The number of benzene rings is 1. The van der Waals surface area contributed by atoms with E-state index >= 15 is 0 Å². The van der Waals surface area contributed by atoms with E-state index in [1.165, 1.54) is 0 Å². The average Bonchev–Trinajstić information content (AvgIpc) is 3.30. The number of aromatic nitrogens is 3. The van der Waals surface area contributed by atoms with Crippen molar-refractivity contribution in [2.24, 2.45) is 5.92 Å². The van der Waals surface area contributed by atoms with Gasteiger partial charge in [0.25, 0.3) is 5.91 Å². The van der Waals surface area contributed by atoms with Gasteiger partial charge in [0, 0.05) is 44.0 Å². The number of imidazole rings is 1. The van der Waals surface area contributed by atoms with E-state index in [2.05, 4.69) is 9.88 Å². The molecule has 0 radical (unpaired) electrons. The minimum Gasteiger partial charge on any atom is -0.385 e. The van der Waals surface area contributed by atoms with Gasteiger partial charge in [-0.2, -0.15) is 0 Å². The molecule has 3 aliphatic rings. The number of likely N-dealkylation sites (tertiary alicyclic amines) is 1. The second kappa shape index (κ2) is 8.67. The molecule has 2 aromatic heterocycles. The molecule has 34 heavy (non-hydrogen) atoms. The van der Waals surface area contributed by atoms with Gasteiger partial charge in [0.05, 0.1) is 25.0 Å². The van der Waals surface area contributed by atoms with Crippen molar-refractivity contribution < 1.29 is 14.6 Å². The summed E-state index contributed by atoms with van der Waals surface area (Å²) >= 11 is 0. The van der Waals surface area contributed by atoms with Crippen LogP contribution in [0.2, 0.25) is 0 Å². The van der Waals surface area contributed by atoms with Crippen molar-refractivity contribution in [1.29, 1.82) is 0 Å². The average molecular weight is 462 g/mol. The van der Waals surface area contributed by atoms with Crippen LogP contribution in [0.3, 0.4) is 0 Å². The standard InChI is InChI=1S/C26H31N5O3/c32-25(24-28-23(29-14-16-34-17-15-29)22-18-27-11-13-30(22)24)31-12-10-26(33,19-6-2-1-3-7-19)20-8-4-5-9-21(20)31/h1-3,6-7,11,13,18,20-21,33H,4-5,8-10,12,14-17H2/t20-,21+,26?/m0/s1. The van der Waals surface area contributed by atoms with Crippen LogP contribution in [0.5, 0.6) is 0 Å². The monoisotopic (exact) mass is 461 g/mol. The number of fused-ring (bicyclic) bond motifs is 2. The minimum absolute atomic E-state index is 0.00114. The molecule has 1 amide bonds. The predicted octanol–water partition coefficient (Wildman–Crippen LogP) is 2.86. The number of rotatable bonds is 3. The molecule has 1 saturated carbocycles. The molecule has 3 fully saturated rings. The number of amides is 1. The lowest BCUT2D eigenvalue weighted by Gasteiger charge is -2.52. The molecule has 8 nitrogen and oxygen atoms in total. The van der Waals surface area contributed by atoms with Gasteiger partial charge >= 0.3 is 0 Å². The number of ether oxygens (including phenoxy) is 1. The fourth-order valence-corrected chi connectivity index (χ4v) is 6.23. The third kappa shape index (κ3) is 3.47. The van der Waals surface area contributed by atoms with Crippen molar-refractivity contribution in [2.45, 2.75) is 43.7 Å². The lowest BCUT2D eigenvalue weighted by Crippen LogP contribution is -2.59. The summed E-state index contributed by atoms with van der Waals surface area (Å²) in [5, 5.41) is 11.9. The van der Waals surface area contributed by atoms with Gasteiger partial charge in [0.2, 0.25) is 5.82 Å². The highest BCUT2D eigenvalue weighted by atomic mass is 16.5. The maximum atomic E-state index is 14.0. The van der Waals surface area contributed by atoms with Gasteiger partial charge in [0.15, 0.2) is 5.82 Å². The van der Waals surface area contributed by atoms with E-state index in [1.54, 1.807) is 12.4 Å². The van der Waals surface area contributed by atoms with Crippen LogP contribution >= 0.6 is 0 Å². The first kappa shape index (κ1) is 21.6. The van der Waals surface area contributed by atoms with Crippen molar-refractivity contribution >= 4 is 17.2 Å². The van der Waals surface area contributed by atoms with E-state index in [4.69, 9.17) is 9.72 Å². The molecule has 1 aromatic carbocycles. The van der Waals surface area contributed by atoms with E-state index in [0.717, 1.165) is 55.7 Å². The van der Waals surface area contributed by atoms with Crippen LogP contribution < -0.4 is 4.90 Å². The number of aliphatic hydroxyl groups is 1. The maximum absolute atomic E-state index is 14.0. The number of piperidine rings is 1. The highest BCUT2D eigenvalue weighted by Gasteiger charge is 2.50. The van der Waals surface area contributed by atoms with E-state index in [9.17, 15) is 9.90 Å². The number of morpholine rings is 1. The summed E-state index contributed by atoms with van der Waals surface area (Å²) in [6, 6.07) is 10.00. The van der Waals surface area contributed by atoms with Gasteiger partial charge in [-0.05, 0) is 24.8 Å². The first-order chi connectivity index (χ1) is 16.7. The van der Waals surface area contributed by atoms with E-state index < -0.39 is 5.60 Å². The summed E-state index contributed by atoms with van der Waals surface area (Å²) in [5.74, 6) is 1.17. The first-order valence-corrected chi connectivity index (χ1v) is 12.4.